The molecular weight excluding hydrogens is 212 g/mol. The molecule has 3 nitrogen and oxygen atoms in total. The molecule has 2 aliphatic carbocycles. The predicted molar refractivity (Wildman–Crippen MR) is 69.4 cm³/mol. The van der Waals surface area contributed by atoms with Crippen LogP contribution in [0, 0.1) is 11.8 Å². The molecule has 0 saturated heterocycles. The second-order valence-corrected chi connectivity index (χ2v) is 5.47. The molecule has 0 aromatic carbocycles. The third-order valence-electron chi connectivity index (χ3n) is 4.36. The molecule has 3 unspecified atom stereocenters. The van der Waals surface area contributed by atoms with Crippen LogP contribution in [0.15, 0.2) is 12.2 Å². The minimum Gasteiger partial charge on any atom is -0.342 e. The minimum atomic E-state index is 0.298. The first-order valence-electron chi connectivity index (χ1n) is 6.84. The number of hydrogen-bond acceptors (Lipinski definition) is 2. The van der Waals surface area contributed by atoms with Crippen molar-refractivity contribution in [2.45, 2.75) is 44.6 Å². The van der Waals surface area contributed by atoms with E-state index in [4.69, 9.17) is 5.73 Å². The van der Waals surface area contributed by atoms with E-state index in [1.54, 1.807) is 0 Å². The van der Waals surface area contributed by atoms with Crippen molar-refractivity contribution in [2.75, 3.05) is 13.6 Å². The Morgan fingerprint density at radius 1 is 1.41 bits per heavy atom. The van der Waals surface area contributed by atoms with Gasteiger partial charge < -0.3 is 10.6 Å². The lowest BCUT2D eigenvalue weighted by atomic mass is 10.00. The van der Waals surface area contributed by atoms with Crippen LogP contribution >= 0.6 is 0 Å². The Bertz CT molecular complexity index is 301. The van der Waals surface area contributed by atoms with Crippen molar-refractivity contribution in [1.29, 1.82) is 0 Å². The molecule has 0 radical (unpaired) electrons. The van der Waals surface area contributed by atoms with Gasteiger partial charge >= 0.3 is 0 Å². The summed E-state index contributed by atoms with van der Waals surface area (Å²) in [6, 6.07) is 0.387. The van der Waals surface area contributed by atoms with Gasteiger partial charge in [-0.1, -0.05) is 18.6 Å². The van der Waals surface area contributed by atoms with Gasteiger partial charge in [0.15, 0.2) is 0 Å². The van der Waals surface area contributed by atoms with E-state index in [1.165, 1.54) is 12.8 Å². The van der Waals surface area contributed by atoms with Gasteiger partial charge in [-0.2, -0.15) is 0 Å². The maximum absolute atomic E-state index is 12.2. The highest BCUT2D eigenvalue weighted by Gasteiger charge is 2.32. The molecule has 3 atom stereocenters. The van der Waals surface area contributed by atoms with Crippen LogP contribution in [0.1, 0.15) is 38.5 Å². The smallest absolute Gasteiger partial charge is 0.223 e. The Hall–Kier alpha value is -0.830. The standard InChI is InChI=1S/C14H24N2O/c1-16(13-8-4-7-12(13)10-15)14(17)9-11-5-2-3-6-11/h2,5,11-13H,3-4,6-10,15H2,1H3. The van der Waals surface area contributed by atoms with Crippen molar-refractivity contribution >= 4 is 5.91 Å². The second-order valence-electron chi connectivity index (χ2n) is 5.47. The first kappa shape index (κ1) is 12.6. The number of nitrogens with zero attached hydrogens (tertiary/aromatic N) is 1. The van der Waals surface area contributed by atoms with Crippen LogP contribution < -0.4 is 5.73 Å². The van der Waals surface area contributed by atoms with E-state index in [0.717, 1.165) is 19.3 Å². The van der Waals surface area contributed by atoms with E-state index < -0.39 is 0 Å². The number of nitrogens with two attached hydrogens (primary N) is 1. The molecule has 3 heteroatoms. The lowest BCUT2D eigenvalue weighted by molar-refractivity contribution is -0.133. The average Bonchev–Trinajstić information content (AvgIpc) is 2.97. The van der Waals surface area contributed by atoms with Crippen LogP contribution in [-0.4, -0.2) is 30.4 Å². The van der Waals surface area contributed by atoms with E-state index in [0.29, 0.717) is 36.8 Å². The summed E-state index contributed by atoms with van der Waals surface area (Å²) in [5.74, 6) is 1.29. The second kappa shape index (κ2) is 5.67. The summed E-state index contributed by atoms with van der Waals surface area (Å²) in [7, 11) is 1.96. The van der Waals surface area contributed by atoms with Gasteiger partial charge in [-0.15, -0.1) is 0 Å². The zero-order valence-corrected chi connectivity index (χ0v) is 10.8. The number of rotatable bonds is 4. The summed E-state index contributed by atoms with van der Waals surface area (Å²) in [6.07, 6.45) is 10.9. The molecule has 2 aliphatic rings. The van der Waals surface area contributed by atoms with E-state index in [1.807, 2.05) is 11.9 Å². The summed E-state index contributed by atoms with van der Waals surface area (Å²) in [5.41, 5.74) is 5.78. The molecule has 1 saturated carbocycles. The molecule has 96 valence electrons. The highest BCUT2D eigenvalue weighted by Crippen LogP contribution is 2.30. The molecular formula is C14H24N2O. The van der Waals surface area contributed by atoms with Crippen LogP contribution in [0.5, 0.6) is 0 Å². The first-order chi connectivity index (χ1) is 8.22. The van der Waals surface area contributed by atoms with Crippen LogP contribution in [0.4, 0.5) is 0 Å². The van der Waals surface area contributed by atoms with Gasteiger partial charge in [0.2, 0.25) is 5.91 Å². The topological polar surface area (TPSA) is 46.3 Å². The number of allylic oxidation sites excluding steroid dienone is 2. The Kier molecular flexibility index (Phi) is 4.21. The monoisotopic (exact) mass is 236 g/mol. The molecule has 2 rings (SSSR count). The molecule has 0 bridgehead atoms. The largest absolute Gasteiger partial charge is 0.342 e. The fourth-order valence-electron chi connectivity index (χ4n) is 3.22. The van der Waals surface area contributed by atoms with Crippen molar-refractivity contribution in [3.63, 3.8) is 0 Å². The Balaban J connectivity index is 1.87. The maximum atomic E-state index is 12.2. The third kappa shape index (κ3) is 2.89. The SMILES string of the molecule is CN(C(=O)CC1C=CCC1)C1CCCC1CN. The molecule has 0 heterocycles. The third-order valence-corrected chi connectivity index (χ3v) is 4.36. The maximum Gasteiger partial charge on any atom is 0.223 e. The van der Waals surface area contributed by atoms with Crippen LogP contribution in [-0.2, 0) is 4.79 Å². The highest BCUT2D eigenvalue weighted by atomic mass is 16.2. The number of hydrogen-bond donors (Lipinski definition) is 1. The van der Waals surface area contributed by atoms with Gasteiger partial charge in [0.1, 0.15) is 0 Å². The van der Waals surface area contributed by atoms with Crippen molar-refractivity contribution < 1.29 is 4.79 Å². The number of carbonyl (C=O) groups is 1. The summed E-state index contributed by atoms with van der Waals surface area (Å²) in [4.78, 5) is 14.2. The number of carbonyl (C=O) groups excluding carboxylic acids is 1. The van der Waals surface area contributed by atoms with E-state index >= 15 is 0 Å². The number of amides is 1. The van der Waals surface area contributed by atoms with E-state index in [-0.39, 0.29) is 0 Å². The molecule has 1 amide bonds. The van der Waals surface area contributed by atoms with Crippen molar-refractivity contribution in [2.24, 2.45) is 17.6 Å². The van der Waals surface area contributed by atoms with Crippen LogP contribution in [0.2, 0.25) is 0 Å². The summed E-state index contributed by atoms with van der Waals surface area (Å²) in [5, 5.41) is 0. The lowest BCUT2D eigenvalue weighted by Crippen LogP contribution is -2.41. The quantitative estimate of drug-likeness (QED) is 0.758. The summed E-state index contributed by atoms with van der Waals surface area (Å²) >= 11 is 0. The highest BCUT2D eigenvalue weighted by molar-refractivity contribution is 5.76. The van der Waals surface area contributed by atoms with Gasteiger partial charge in [0.25, 0.3) is 0 Å². The molecule has 0 spiro atoms. The van der Waals surface area contributed by atoms with Gasteiger partial charge in [0, 0.05) is 19.5 Å². The van der Waals surface area contributed by atoms with Crippen molar-refractivity contribution in [1.82, 2.24) is 4.90 Å². The van der Waals surface area contributed by atoms with Crippen molar-refractivity contribution in [3.8, 4) is 0 Å². The Morgan fingerprint density at radius 3 is 2.88 bits per heavy atom. The van der Waals surface area contributed by atoms with E-state index in [2.05, 4.69) is 12.2 Å². The average molecular weight is 236 g/mol. The van der Waals surface area contributed by atoms with Gasteiger partial charge in [-0.05, 0) is 44.1 Å². The zero-order valence-electron chi connectivity index (χ0n) is 10.8. The zero-order chi connectivity index (χ0) is 12.3. The summed E-state index contributed by atoms with van der Waals surface area (Å²) in [6.45, 7) is 0.714. The molecule has 0 aliphatic heterocycles. The Morgan fingerprint density at radius 2 is 2.24 bits per heavy atom. The van der Waals surface area contributed by atoms with Gasteiger partial charge in [0.05, 0.1) is 0 Å². The molecule has 0 aromatic heterocycles. The van der Waals surface area contributed by atoms with Gasteiger partial charge in [-0.25, -0.2) is 0 Å². The Labute approximate surface area is 104 Å². The van der Waals surface area contributed by atoms with Gasteiger partial charge in [-0.3, -0.25) is 4.79 Å². The van der Waals surface area contributed by atoms with Crippen LogP contribution in [0.25, 0.3) is 0 Å². The molecule has 1 fully saturated rings. The fraction of sp³-hybridized carbons (Fsp3) is 0.786. The lowest BCUT2D eigenvalue weighted by Gasteiger charge is -2.30. The minimum absolute atomic E-state index is 0.298. The molecule has 2 N–H and O–H groups in total. The molecule has 0 aromatic rings. The van der Waals surface area contributed by atoms with E-state index in [9.17, 15) is 4.79 Å². The predicted octanol–water partition coefficient (Wildman–Crippen LogP) is 1.93. The normalized spacial score (nSPS) is 32.0. The van der Waals surface area contributed by atoms with Crippen molar-refractivity contribution in [3.05, 3.63) is 12.2 Å². The van der Waals surface area contributed by atoms with Crippen LogP contribution in [0.3, 0.4) is 0 Å². The molecule has 17 heavy (non-hydrogen) atoms. The first-order valence-corrected chi connectivity index (χ1v) is 6.84. The fourth-order valence-corrected chi connectivity index (χ4v) is 3.22. The summed E-state index contributed by atoms with van der Waals surface area (Å²) < 4.78 is 0.